The summed E-state index contributed by atoms with van der Waals surface area (Å²) < 4.78 is 7.57. The summed E-state index contributed by atoms with van der Waals surface area (Å²) in [6, 6.07) is 7.84. The first-order chi connectivity index (χ1) is 12.1. The first-order valence-electron chi connectivity index (χ1n) is 8.62. The molecule has 6 nitrogen and oxygen atoms in total. The maximum Gasteiger partial charge on any atom is 0.232 e. The quantitative estimate of drug-likeness (QED) is 0.737. The molecule has 0 N–H and O–H groups in total. The maximum absolute atomic E-state index is 11.7. The largest absolute Gasteiger partial charge is 0.495 e. The van der Waals surface area contributed by atoms with Crippen LogP contribution in [0.4, 0.5) is 5.95 Å². The third-order valence-corrected chi connectivity index (χ3v) is 5.60. The van der Waals surface area contributed by atoms with Crippen LogP contribution in [0.3, 0.4) is 0 Å². The number of hydrogen-bond donors (Lipinski definition) is 0. The van der Waals surface area contributed by atoms with Crippen LogP contribution in [0.2, 0.25) is 0 Å². The van der Waals surface area contributed by atoms with Gasteiger partial charge >= 0.3 is 0 Å². The zero-order valence-corrected chi connectivity index (χ0v) is 15.8. The fraction of sp³-hybridized carbons (Fsp3) is 0.500. The van der Waals surface area contributed by atoms with E-state index in [1.54, 1.807) is 14.0 Å². The number of nitrogens with zero attached hydrogens (tertiary/aromatic N) is 4. The molecule has 1 aromatic carbocycles. The minimum absolute atomic E-state index is 0.124. The molecular weight excluding hydrogens is 336 g/mol. The molecule has 25 heavy (non-hydrogen) atoms. The number of aromatic nitrogens is 3. The van der Waals surface area contributed by atoms with Crippen molar-refractivity contribution in [3.63, 3.8) is 0 Å². The topological polar surface area (TPSA) is 60.3 Å². The van der Waals surface area contributed by atoms with Crippen LogP contribution in [-0.4, -0.2) is 46.0 Å². The lowest BCUT2D eigenvalue weighted by atomic mass is 10.1. The monoisotopic (exact) mass is 360 g/mol. The third-order valence-electron chi connectivity index (χ3n) is 4.44. The van der Waals surface area contributed by atoms with Crippen molar-refractivity contribution in [1.82, 2.24) is 14.8 Å². The lowest BCUT2D eigenvalue weighted by Crippen LogP contribution is -2.31. The second kappa shape index (κ2) is 7.91. The van der Waals surface area contributed by atoms with Crippen LogP contribution in [0.1, 0.15) is 33.1 Å². The third kappa shape index (κ3) is 3.81. The first kappa shape index (κ1) is 17.8. The molecule has 1 fully saturated rings. The van der Waals surface area contributed by atoms with Crippen molar-refractivity contribution in [2.24, 2.45) is 0 Å². The number of rotatable bonds is 6. The molecule has 0 aliphatic carbocycles. The highest BCUT2D eigenvalue weighted by molar-refractivity contribution is 8.00. The van der Waals surface area contributed by atoms with Gasteiger partial charge in [0.05, 0.1) is 18.0 Å². The summed E-state index contributed by atoms with van der Waals surface area (Å²) in [4.78, 5) is 14.0. The fourth-order valence-electron chi connectivity index (χ4n) is 2.90. The van der Waals surface area contributed by atoms with E-state index in [2.05, 4.69) is 15.1 Å². The van der Waals surface area contributed by atoms with Gasteiger partial charge in [-0.3, -0.25) is 9.36 Å². The molecule has 1 saturated heterocycles. The Morgan fingerprint density at radius 3 is 2.60 bits per heavy atom. The highest BCUT2D eigenvalue weighted by Crippen LogP contribution is 2.34. The summed E-state index contributed by atoms with van der Waals surface area (Å²) in [5, 5.41) is 9.39. The van der Waals surface area contributed by atoms with E-state index in [0.29, 0.717) is 5.16 Å². The van der Waals surface area contributed by atoms with E-state index in [1.807, 2.05) is 35.8 Å². The van der Waals surface area contributed by atoms with Crippen LogP contribution in [-0.2, 0) is 4.79 Å². The number of anilines is 1. The summed E-state index contributed by atoms with van der Waals surface area (Å²) in [6.07, 6.45) is 3.57. The Labute approximate surface area is 152 Å². The number of ether oxygens (including phenoxy) is 1. The zero-order chi connectivity index (χ0) is 17.8. The van der Waals surface area contributed by atoms with Gasteiger partial charge in [-0.05, 0) is 45.2 Å². The minimum atomic E-state index is -0.174. The van der Waals surface area contributed by atoms with Crippen molar-refractivity contribution in [3.8, 4) is 11.4 Å². The predicted octanol–water partition coefficient (Wildman–Crippen LogP) is 3.34. The van der Waals surface area contributed by atoms with Gasteiger partial charge in [0.15, 0.2) is 5.16 Å². The molecule has 2 heterocycles. The molecule has 1 atom stereocenters. The molecule has 134 valence electrons. The van der Waals surface area contributed by atoms with Gasteiger partial charge in [-0.2, -0.15) is 0 Å². The average molecular weight is 360 g/mol. The van der Waals surface area contributed by atoms with Gasteiger partial charge in [0, 0.05) is 13.1 Å². The van der Waals surface area contributed by atoms with Crippen LogP contribution >= 0.6 is 11.8 Å². The Bertz CT molecular complexity index is 740. The van der Waals surface area contributed by atoms with E-state index in [9.17, 15) is 4.79 Å². The van der Waals surface area contributed by atoms with Crippen LogP contribution in [0.15, 0.2) is 29.4 Å². The van der Waals surface area contributed by atoms with E-state index < -0.39 is 0 Å². The molecule has 1 unspecified atom stereocenters. The number of thioether (sulfide) groups is 1. The van der Waals surface area contributed by atoms with Crippen molar-refractivity contribution in [1.29, 1.82) is 0 Å². The molecule has 2 aromatic rings. The number of carbonyl (C=O) groups excluding carboxylic acids is 1. The number of carbonyl (C=O) groups is 1. The highest BCUT2D eigenvalue weighted by Gasteiger charge is 2.25. The number of methoxy groups -OCH3 is 1. The fourth-order valence-corrected chi connectivity index (χ4v) is 3.76. The summed E-state index contributed by atoms with van der Waals surface area (Å²) in [5.74, 6) is 1.71. The Morgan fingerprint density at radius 2 is 1.92 bits per heavy atom. The molecule has 0 saturated carbocycles. The molecule has 0 spiro atoms. The van der Waals surface area contributed by atoms with Crippen molar-refractivity contribution in [3.05, 3.63) is 24.3 Å². The molecule has 0 bridgehead atoms. The Morgan fingerprint density at radius 1 is 1.20 bits per heavy atom. The van der Waals surface area contributed by atoms with E-state index in [-0.39, 0.29) is 11.0 Å². The van der Waals surface area contributed by atoms with Gasteiger partial charge in [-0.25, -0.2) is 0 Å². The average Bonchev–Trinajstić information content (AvgIpc) is 3.05. The summed E-state index contributed by atoms with van der Waals surface area (Å²) in [6.45, 7) is 5.45. The maximum atomic E-state index is 11.7. The van der Waals surface area contributed by atoms with E-state index in [4.69, 9.17) is 4.74 Å². The smallest absolute Gasteiger partial charge is 0.232 e. The number of para-hydroxylation sites is 2. The van der Waals surface area contributed by atoms with Gasteiger partial charge in [-0.15, -0.1) is 10.2 Å². The van der Waals surface area contributed by atoms with E-state index >= 15 is 0 Å². The molecule has 0 radical (unpaired) electrons. The van der Waals surface area contributed by atoms with Gasteiger partial charge in [-0.1, -0.05) is 23.9 Å². The Kier molecular flexibility index (Phi) is 5.63. The van der Waals surface area contributed by atoms with Crippen molar-refractivity contribution in [2.75, 3.05) is 25.1 Å². The number of benzene rings is 1. The van der Waals surface area contributed by atoms with Crippen LogP contribution < -0.4 is 9.64 Å². The number of ketones is 1. The van der Waals surface area contributed by atoms with Crippen LogP contribution in [0, 0.1) is 0 Å². The second-order valence-corrected chi connectivity index (χ2v) is 7.52. The minimum Gasteiger partial charge on any atom is -0.495 e. The summed E-state index contributed by atoms with van der Waals surface area (Å²) in [7, 11) is 1.66. The normalized spacial score (nSPS) is 15.9. The first-order valence-corrected chi connectivity index (χ1v) is 9.50. The van der Waals surface area contributed by atoms with Gasteiger partial charge in [0.25, 0.3) is 0 Å². The van der Waals surface area contributed by atoms with E-state index in [0.717, 1.165) is 43.3 Å². The SMILES string of the molecule is COc1ccccc1-n1c(SC(C)C(C)=O)nnc1N1CCCCC1. The standard InChI is InChI=1S/C18H24N4O2S/c1-13(23)14(2)25-18-20-19-17(21-11-7-4-8-12-21)22(18)15-9-5-6-10-16(15)24-3/h5-6,9-10,14H,4,7-8,11-12H2,1-3H3. The summed E-state index contributed by atoms with van der Waals surface area (Å²) in [5.41, 5.74) is 0.897. The van der Waals surface area contributed by atoms with Crippen molar-refractivity contribution < 1.29 is 9.53 Å². The molecule has 1 aromatic heterocycles. The lowest BCUT2D eigenvalue weighted by molar-refractivity contribution is -0.116. The number of piperidine rings is 1. The van der Waals surface area contributed by atoms with Gasteiger partial charge in [0.1, 0.15) is 11.5 Å². The number of Topliss-reactive ketones (excluding diaryl/α,β-unsaturated/α-hetero) is 1. The Hall–Kier alpha value is -2.02. The van der Waals surface area contributed by atoms with E-state index in [1.165, 1.54) is 18.2 Å². The Balaban J connectivity index is 2.07. The summed E-state index contributed by atoms with van der Waals surface area (Å²) >= 11 is 1.43. The van der Waals surface area contributed by atoms with Crippen molar-refractivity contribution >= 4 is 23.5 Å². The molecule has 7 heteroatoms. The second-order valence-electron chi connectivity index (χ2n) is 6.21. The van der Waals surface area contributed by atoms with Crippen molar-refractivity contribution in [2.45, 2.75) is 43.5 Å². The predicted molar refractivity (Wildman–Crippen MR) is 100.0 cm³/mol. The highest BCUT2D eigenvalue weighted by atomic mass is 32.2. The lowest BCUT2D eigenvalue weighted by Gasteiger charge is -2.28. The van der Waals surface area contributed by atoms with Crippen LogP contribution in [0.25, 0.3) is 5.69 Å². The molecule has 3 rings (SSSR count). The molecule has 1 aliphatic heterocycles. The molecule has 0 amide bonds. The number of hydrogen-bond acceptors (Lipinski definition) is 6. The molecular formula is C18H24N4O2S. The molecule has 1 aliphatic rings. The zero-order valence-electron chi connectivity index (χ0n) is 14.9. The van der Waals surface area contributed by atoms with Gasteiger partial charge in [0.2, 0.25) is 5.95 Å². The van der Waals surface area contributed by atoms with Gasteiger partial charge < -0.3 is 9.64 Å². The van der Waals surface area contributed by atoms with Crippen LogP contribution in [0.5, 0.6) is 5.75 Å².